The molecular formula is C22H22N4O2. The molecule has 0 radical (unpaired) electrons. The number of carbonyl (C=O) groups is 1. The number of rotatable bonds is 4. The van der Waals surface area contributed by atoms with E-state index in [0.29, 0.717) is 18.1 Å². The van der Waals surface area contributed by atoms with Crippen molar-refractivity contribution in [1.29, 1.82) is 0 Å². The number of piperidine rings is 1. The standard InChI is InChI=1S/C22H22N4O2/c1-16-7-2-3-10-20(16)28-21-14-23-13-19(25-21)17-8-6-12-26(15-17)22(27)18-9-4-5-11-24-18/h2-5,7,9-11,13-14,17H,6,8,12,15H2,1H3/t17-/m0/s1. The molecule has 6 heteroatoms. The van der Waals surface area contributed by atoms with Crippen molar-refractivity contribution in [3.63, 3.8) is 0 Å². The van der Waals surface area contributed by atoms with Crippen LogP contribution in [0, 0.1) is 6.92 Å². The number of likely N-dealkylation sites (tertiary alicyclic amines) is 1. The Morgan fingerprint density at radius 1 is 1.14 bits per heavy atom. The van der Waals surface area contributed by atoms with Gasteiger partial charge in [-0.3, -0.25) is 14.8 Å². The Kier molecular flexibility index (Phi) is 5.28. The van der Waals surface area contributed by atoms with Crippen LogP contribution in [-0.4, -0.2) is 38.8 Å². The van der Waals surface area contributed by atoms with E-state index >= 15 is 0 Å². The van der Waals surface area contributed by atoms with E-state index in [1.165, 1.54) is 0 Å². The number of aryl methyl sites for hydroxylation is 1. The zero-order valence-electron chi connectivity index (χ0n) is 15.8. The minimum atomic E-state index is -0.0365. The summed E-state index contributed by atoms with van der Waals surface area (Å²) in [6.45, 7) is 3.34. The summed E-state index contributed by atoms with van der Waals surface area (Å²) < 4.78 is 5.92. The van der Waals surface area contributed by atoms with E-state index in [2.05, 4.69) is 15.0 Å². The van der Waals surface area contributed by atoms with Crippen molar-refractivity contribution >= 4 is 5.91 Å². The van der Waals surface area contributed by atoms with E-state index in [1.54, 1.807) is 24.7 Å². The molecule has 0 bridgehead atoms. The number of aromatic nitrogens is 3. The average Bonchev–Trinajstić information content (AvgIpc) is 2.76. The lowest BCUT2D eigenvalue weighted by Gasteiger charge is -2.32. The third-order valence-corrected chi connectivity index (χ3v) is 4.95. The molecule has 0 aliphatic carbocycles. The highest BCUT2D eigenvalue weighted by molar-refractivity contribution is 5.92. The molecule has 0 unspecified atom stereocenters. The van der Waals surface area contributed by atoms with Gasteiger partial charge in [-0.25, -0.2) is 4.98 Å². The molecule has 1 atom stereocenters. The molecule has 1 aliphatic heterocycles. The molecule has 4 rings (SSSR count). The van der Waals surface area contributed by atoms with Crippen molar-refractivity contribution in [3.8, 4) is 11.6 Å². The van der Waals surface area contributed by atoms with Gasteiger partial charge < -0.3 is 9.64 Å². The van der Waals surface area contributed by atoms with Crippen LogP contribution >= 0.6 is 0 Å². The first-order valence-electron chi connectivity index (χ1n) is 9.46. The van der Waals surface area contributed by atoms with Crippen LogP contribution in [0.3, 0.4) is 0 Å². The number of nitrogens with zero attached hydrogens (tertiary/aromatic N) is 4. The molecular weight excluding hydrogens is 352 g/mol. The average molecular weight is 374 g/mol. The molecule has 6 nitrogen and oxygen atoms in total. The first-order valence-corrected chi connectivity index (χ1v) is 9.46. The number of benzene rings is 1. The maximum atomic E-state index is 12.7. The van der Waals surface area contributed by atoms with E-state index < -0.39 is 0 Å². The number of pyridine rings is 1. The maximum absolute atomic E-state index is 12.7. The number of carbonyl (C=O) groups excluding carboxylic acids is 1. The SMILES string of the molecule is Cc1ccccc1Oc1cncc([C@H]2CCCN(C(=O)c3ccccn3)C2)n1. The molecule has 3 aromatic rings. The summed E-state index contributed by atoms with van der Waals surface area (Å²) in [5.41, 5.74) is 2.37. The summed E-state index contributed by atoms with van der Waals surface area (Å²) in [5, 5.41) is 0. The lowest BCUT2D eigenvalue weighted by molar-refractivity contribution is 0.0699. The Hall–Kier alpha value is -3.28. The maximum Gasteiger partial charge on any atom is 0.272 e. The Morgan fingerprint density at radius 2 is 2.00 bits per heavy atom. The van der Waals surface area contributed by atoms with Gasteiger partial charge >= 0.3 is 0 Å². The second kappa shape index (κ2) is 8.17. The van der Waals surface area contributed by atoms with Crippen molar-refractivity contribution in [2.45, 2.75) is 25.7 Å². The molecule has 3 heterocycles. The Bertz CT molecular complexity index is 962. The van der Waals surface area contributed by atoms with Gasteiger partial charge in [-0.05, 0) is 43.5 Å². The second-order valence-corrected chi connectivity index (χ2v) is 6.96. The number of hydrogen-bond donors (Lipinski definition) is 0. The van der Waals surface area contributed by atoms with Crippen molar-refractivity contribution in [3.05, 3.63) is 78.0 Å². The molecule has 0 spiro atoms. The van der Waals surface area contributed by atoms with Gasteiger partial charge in [-0.15, -0.1) is 0 Å². The van der Waals surface area contributed by atoms with E-state index in [4.69, 9.17) is 4.74 Å². The summed E-state index contributed by atoms with van der Waals surface area (Å²) in [6, 6.07) is 13.2. The topological polar surface area (TPSA) is 68.2 Å². The van der Waals surface area contributed by atoms with Crippen LogP contribution < -0.4 is 4.74 Å². The predicted molar refractivity (Wildman–Crippen MR) is 105 cm³/mol. The minimum Gasteiger partial charge on any atom is -0.437 e. The molecule has 142 valence electrons. The minimum absolute atomic E-state index is 0.0365. The summed E-state index contributed by atoms with van der Waals surface area (Å²) in [5.74, 6) is 1.34. The molecule has 0 saturated carbocycles. The second-order valence-electron chi connectivity index (χ2n) is 6.96. The van der Waals surface area contributed by atoms with E-state index in [-0.39, 0.29) is 11.8 Å². The summed E-state index contributed by atoms with van der Waals surface area (Å²) in [4.78, 5) is 27.7. The van der Waals surface area contributed by atoms with Crippen molar-refractivity contribution in [2.24, 2.45) is 0 Å². The number of ether oxygens (including phenoxy) is 1. The lowest BCUT2D eigenvalue weighted by atomic mass is 9.95. The van der Waals surface area contributed by atoms with Crippen LogP contribution in [0.25, 0.3) is 0 Å². The van der Waals surface area contributed by atoms with Gasteiger partial charge in [-0.1, -0.05) is 24.3 Å². The molecule has 1 fully saturated rings. The molecule has 2 aromatic heterocycles. The van der Waals surface area contributed by atoms with Gasteiger partial charge in [0, 0.05) is 31.4 Å². The van der Waals surface area contributed by atoms with Gasteiger partial charge in [0.1, 0.15) is 11.4 Å². The van der Waals surface area contributed by atoms with Crippen LogP contribution in [0.5, 0.6) is 11.6 Å². The molecule has 1 amide bonds. The Morgan fingerprint density at radius 3 is 2.82 bits per heavy atom. The van der Waals surface area contributed by atoms with Crippen molar-refractivity contribution < 1.29 is 9.53 Å². The number of hydrogen-bond acceptors (Lipinski definition) is 5. The smallest absolute Gasteiger partial charge is 0.272 e. The van der Waals surface area contributed by atoms with Gasteiger partial charge in [0.05, 0.1) is 11.9 Å². The molecule has 1 aromatic carbocycles. The van der Waals surface area contributed by atoms with Gasteiger partial charge in [0.25, 0.3) is 5.91 Å². The summed E-state index contributed by atoms with van der Waals surface area (Å²) in [6.07, 6.45) is 6.93. The van der Waals surface area contributed by atoms with Gasteiger partial charge in [0.2, 0.25) is 5.88 Å². The van der Waals surface area contributed by atoms with E-state index in [0.717, 1.165) is 36.4 Å². The first-order chi connectivity index (χ1) is 13.7. The van der Waals surface area contributed by atoms with Crippen LogP contribution in [-0.2, 0) is 0 Å². The summed E-state index contributed by atoms with van der Waals surface area (Å²) >= 11 is 0. The third kappa shape index (κ3) is 4.01. The van der Waals surface area contributed by atoms with Crippen LogP contribution in [0.15, 0.2) is 61.1 Å². The normalized spacial score (nSPS) is 16.6. The van der Waals surface area contributed by atoms with Crippen LogP contribution in [0.2, 0.25) is 0 Å². The zero-order chi connectivity index (χ0) is 19.3. The van der Waals surface area contributed by atoms with Crippen LogP contribution in [0.1, 0.15) is 40.5 Å². The highest BCUT2D eigenvalue weighted by atomic mass is 16.5. The fourth-order valence-electron chi connectivity index (χ4n) is 3.45. The number of para-hydroxylation sites is 1. The Balaban J connectivity index is 1.49. The fourth-order valence-corrected chi connectivity index (χ4v) is 3.45. The predicted octanol–water partition coefficient (Wildman–Crippen LogP) is 3.99. The van der Waals surface area contributed by atoms with Gasteiger partial charge in [-0.2, -0.15) is 0 Å². The molecule has 0 N–H and O–H groups in total. The quantitative estimate of drug-likeness (QED) is 0.691. The van der Waals surface area contributed by atoms with Gasteiger partial charge in [0.15, 0.2) is 0 Å². The van der Waals surface area contributed by atoms with Crippen molar-refractivity contribution in [2.75, 3.05) is 13.1 Å². The Labute approximate surface area is 164 Å². The lowest BCUT2D eigenvalue weighted by Crippen LogP contribution is -2.39. The highest BCUT2D eigenvalue weighted by Gasteiger charge is 2.27. The molecule has 1 saturated heterocycles. The van der Waals surface area contributed by atoms with Crippen molar-refractivity contribution in [1.82, 2.24) is 19.9 Å². The highest BCUT2D eigenvalue weighted by Crippen LogP contribution is 2.28. The monoisotopic (exact) mass is 374 g/mol. The fraction of sp³-hybridized carbons (Fsp3) is 0.273. The largest absolute Gasteiger partial charge is 0.437 e. The number of amides is 1. The molecule has 1 aliphatic rings. The third-order valence-electron chi connectivity index (χ3n) is 4.95. The first kappa shape index (κ1) is 18.1. The van der Waals surface area contributed by atoms with E-state index in [9.17, 15) is 4.79 Å². The zero-order valence-corrected chi connectivity index (χ0v) is 15.8. The summed E-state index contributed by atoms with van der Waals surface area (Å²) in [7, 11) is 0. The molecule has 28 heavy (non-hydrogen) atoms. The van der Waals surface area contributed by atoms with Crippen LogP contribution in [0.4, 0.5) is 0 Å². The van der Waals surface area contributed by atoms with E-state index in [1.807, 2.05) is 48.2 Å².